The van der Waals surface area contributed by atoms with Crippen LogP contribution in [0, 0.1) is 6.92 Å². The van der Waals surface area contributed by atoms with Gasteiger partial charge in [-0.25, -0.2) is 13.9 Å². The van der Waals surface area contributed by atoms with E-state index in [9.17, 15) is 0 Å². The Morgan fingerprint density at radius 3 is 1.06 bits per heavy atom. The summed E-state index contributed by atoms with van der Waals surface area (Å²) in [5, 5.41) is 75.8. The van der Waals surface area contributed by atoms with E-state index < -0.39 is 0 Å². The van der Waals surface area contributed by atoms with E-state index >= 15 is 0 Å². The number of azo groups is 7. The highest BCUT2D eigenvalue weighted by Crippen LogP contribution is 2.35. The summed E-state index contributed by atoms with van der Waals surface area (Å²) in [7, 11) is 45.9. The van der Waals surface area contributed by atoms with Crippen LogP contribution in [0.4, 0.5) is 119 Å². The summed E-state index contributed by atoms with van der Waals surface area (Å²) in [6.07, 6.45) is 1.72. The van der Waals surface area contributed by atoms with Crippen molar-refractivity contribution in [3.8, 4) is 17.5 Å². The lowest BCUT2D eigenvalue weighted by molar-refractivity contribution is -0.835. The first-order valence-electron chi connectivity index (χ1n) is 42.7. The predicted molar refractivity (Wildman–Crippen MR) is 540 cm³/mol. The van der Waals surface area contributed by atoms with Gasteiger partial charge in [-0.05, 0) is 239 Å². The van der Waals surface area contributed by atoms with Crippen molar-refractivity contribution in [3.05, 3.63) is 259 Å². The van der Waals surface area contributed by atoms with E-state index in [0.717, 1.165) is 112 Å². The van der Waals surface area contributed by atoms with E-state index in [1.807, 2.05) is 359 Å². The lowest BCUT2D eigenvalue weighted by Crippen LogP contribution is -3.00. The number of fused-ring (bicyclic) bond motifs is 2. The van der Waals surface area contributed by atoms with Crippen molar-refractivity contribution in [1.29, 1.82) is 0 Å². The minimum Gasteiger partial charge on any atom is -1.00 e. The van der Waals surface area contributed by atoms with Crippen LogP contribution in [0.15, 0.2) is 325 Å². The number of aryl methyl sites for hydroxylation is 8. The van der Waals surface area contributed by atoms with Crippen molar-refractivity contribution in [3.63, 3.8) is 0 Å². The van der Waals surface area contributed by atoms with Crippen LogP contribution >= 0.6 is 34.5 Å². The van der Waals surface area contributed by atoms with E-state index in [1.165, 1.54) is 22.9 Å². The number of ether oxygens (including phenoxy) is 3. The Morgan fingerprint density at radius 1 is 0.368 bits per heavy atom. The number of nitrogens with two attached hydrogens (primary N) is 1. The second-order valence-corrected chi connectivity index (χ2v) is 33.4. The SMILES string of the molecule is CN(C)c1ccc(N=Nc2c3ccccc3n(C)[n+]2C)cc1.CN(C)c1ccc(N=Nc2scn[n+]2C)cc1.CN(C)c1ccc(N=Nc2snc[n+]2C)cc1.COc1ccc(N=Nc2ccc(N(C)C)cc2)[n+](C)n1.COc1ccc(N=Nc2ccc(N(C)C)cc2OC)[n+](C)n1.Cc1cc(N=Nc2ccc(N(C)C)cc2)[n+](C)o1.Cn1c2ccccc2c(N=Nc2ccc(N)c(Cl)c2)[n+]1C.[Cl-].[Cl-].[Cl-].[Cl-].[Cl-].[Cl-].[Cl-]. The first-order chi connectivity index (χ1) is 65.7. The molecule has 16 rings (SSSR count). The van der Waals surface area contributed by atoms with Crippen molar-refractivity contribution in [2.24, 2.45) is 135 Å². The molecule has 0 amide bonds. The topological polar surface area (TPSA) is 348 Å². The molecule has 0 fully saturated rings. The molecule has 7 aromatic heterocycles. The van der Waals surface area contributed by atoms with E-state index in [-0.39, 0.29) is 86.8 Å². The maximum atomic E-state index is 5.99. The van der Waals surface area contributed by atoms with Crippen LogP contribution in [0.1, 0.15) is 5.76 Å². The zero-order valence-corrected chi connectivity index (χ0v) is 92.2. The molecule has 0 bridgehead atoms. The molecule has 48 heteroatoms. The van der Waals surface area contributed by atoms with E-state index in [4.69, 9.17) is 36.1 Å². The number of rotatable bonds is 23. The van der Waals surface area contributed by atoms with E-state index in [1.54, 1.807) is 109 Å². The molecule has 0 saturated carbocycles. The number of para-hydroxylation sites is 2. The zero-order chi connectivity index (χ0) is 98.9. The standard InChI is InChI=1S/C17H20N5.C15H14ClN5.C15H20N5O2.C14H18N5O.C13H17N4O.2C11H14N5S.7ClH/c1-20(2)14-11-9-13(10-12-14)18-19-17-15-7-5-6-8-16(15)21(3)22(17)4;1-20-14-6-4-3-5-11(14)15(21(20)2)19-18-10-7-8-13(17)12(16)9-10;1-19(2)11-6-7-12(13(10-11)21-4)16-17-14-8-9-15(22-5)18-20(14)3;1-18(2)12-7-5-11(6-8-12)15-16-13-9-10-14(20-4)17-19(13)3;1-10-9-13(17(4)18-10)15-14-11-5-7-12(8-6-11)16(2)3;1-15(2)10-6-4-9(5-7-10)13-14-11-16(3)12-8-17-11;1-15(2)10-6-4-9(5-7-10)13-14-11-16(3)8-12-17-11;;;;;;;/h5-12H,1-4H3;3-9,17H,1-2H3;6-10H,1-5H3;5-10H,1-4H3;5-9H,1-4H3;2*4-8H,1-3H3;7*1H/q+1;;5*+1;;;;;;;/p-6. The normalized spacial score (nSPS) is 10.6. The summed E-state index contributed by atoms with van der Waals surface area (Å²) in [6, 6.07) is 75.8. The molecular weight excluding hydrogens is 2040 g/mol. The zero-order valence-electron chi connectivity index (χ0n) is 84.5. The van der Waals surface area contributed by atoms with Gasteiger partial charge in [-0.2, -0.15) is 9.36 Å². The minimum atomic E-state index is 0. The Morgan fingerprint density at radius 2 is 0.722 bits per heavy atom. The molecule has 0 atom stereocenters. The van der Waals surface area contributed by atoms with Crippen molar-refractivity contribution >= 4 is 175 Å². The molecule has 0 aliphatic rings. The number of benzene rings is 9. The van der Waals surface area contributed by atoms with Crippen molar-refractivity contribution < 1.29 is 138 Å². The van der Waals surface area contributed by atoms with Gasteiger partial charge >= 0.3 is 39.4 Å². The lowest BCUT2D eigenvalue weighted by Gasteiger charge is -2.13. The largest absolute Gasteiger partial charge is 1.00 e. The first-order valence-corrected chi connectivity index (χ1v) is 44.7. The van der Waals surface area contributed by atoms with Gasteiger partial charge in [0.1, 0.15) is 93.5 Å². The van der Waals surface area contributed by atoms with Gasteiger partial charge in [0, 0.05) is 168 Å². The summed E-state index contributed by atoms with van der Waals surface area (Å²) in [5.41, 5.74) is 22.4. The fourth-order valence-electron chi connectivity index (χ4n) is 12.2. The summed E-state index contributed by atoms with van der Waals surface area (Å²) in [4.78, 5) is 12.2. The van der Waals surface area contributed by atoms with Gasteiger partial charge < -0.3 is 141 Å². The molecule has 9 aromatic carbocycles. The molecule has 0 saturated heterocycles. The average Bonchev–Trinajstić information content (AvgIpc) is 1.64. The Balaban J connectivity index is 0.000000429. The second-order valence-electron chi connectivity index (χ2n) is 31.5. The van der Waals surface area contributed by atoms with Crippen LogP contribution < -0.4 is 169 Å². The molecule has 764 valence electrons. The highest BCUT2D eigenvalue weighted by molar-refractivity contribution is 7.12. The second kappa shape index (κ2) is 61.0. The number of hydrogen-bond donors (Lipinski definition) is 1. The number of aromatic nitrogens is 13. The first kappa shape index (κ1) is 124. The smallest absolute Gasteiger partial charge is 0.429 e. The van der Waals surface area contributed by atoms with Crippen LogP contribution in [0.25, 0.3) is 21.8 Å². The third-order valence-electron chi connectivity index (χ3n) is 20.4. The van der Waals surface area contributed by atoms with Gasteiger partial charge in [-0.15, -0.1) is 14.0 Å². The fourth-order valence-corrected chi connectivity index (χ4v) is 13.5. The molecule has 38 nitrogen and oxygen atoms in total. The number of nitrogens with zero attached hydrogens (tertiary/aromatic N) is 33. The molecule has 0 aliphatic heterocycles. The molecule has 7 heterocycles. The number of methoxy groups -OCH3 is 3. The van der Waals surface area contributed by atoms with Crippen LogP contribution in [-0.4, -0.2) is 135 Å². The van der Waals surface area contributed by atoms with Crippen molar-refractivity contribution in [2.75, 3.05) is 141 Å². The summed E-state index contributed by atoms with van der Waals surface area (Å²) < 4.78 is 41.2. The Kier molecular flexibility index (Phi) is 52.6. The number of nitrogen functional groups attached to an aromatic ring is 1. The summed E-state index contributed by atoms with van der Waals surface area (Å²) in [5.74, 6) is 6.16. The van der Waals surface area contributed by atoms with Gasteiger partial charge in [0.15, 0.2) is 17.2 Å². The Hall–Kier alpha value is -14.1. The summed E-state index contributed by atoms with van der Waals surface area (Å²) in [6.45, 7) is 1.88. The molecule has 0 unspecified atom stereocenters. The van der Waals surface area contributed by atoms with Crippen molar-refractivity contribution in [1.82, 2.24) is 29.0 Å². The number of hydrogen-bond acceptors (Lipinski definition) is 31. The molecule has 144 heavy (non-hydrogen) atoms. The van der Waals surface area contributed by atoms with Crippen LogP contribution in [0.5, 0.6) is 17.5 Å². The van der Waals surface area contributed by atoms with Crippen molar-refractivity contribution in [2.45, 2.75) is 6.92 Å². The minimum absolute atomic E-state index is 0. The highest BCUT2D eigenvalue weighted by Gasteiger charge is 2.23. The number of halogens is 8. The average molecular weight is 2160 g/mol. The van der Waals surface area contributed by atoms with Crippen LogP contribution in [0.2, 0.25) is 5.02 Å². The van der Waals surface area contributed by atoms with E-state index in [0.29, 0.717) is 57.0 Å². The maximum Gasteiger partial charge on any atom is 0.429 e. The monoisotopic (exact) mass is 2150 g/mol. The third-order valence-corrected chi connectivity index (χ3v) is 22.2. The number of anilines is 7. The fraction of sp³-hybridized carbons (Fsp3) is 0.260. The van der Waals surface area contributed by atoms with Gasteiger partial charge in [0.25, 0.3) is 11.8 Å². The lowest BCUT2D eigenvalue weighted by atomic mass is 10.2. The van der Waals surface area contributed by atoms with Crippen LogP contribution in [0.3, 0.4) is 0 Å². The summed E-state index contributed by atoms with van der Waals surface area (Å²) >= 11 is 8.77. The molecule has 0 aliphatic carbocycles. The molecular formula is C96H118Cl8N34O4S2. The third kappa shape index (κ3) is 36.1. The maximum absolute atomic E-state index is 5.99. The highest BCUT2D eigenvalue weighted by atomic mass is 35.5. The van der Waals surface area contributed by atoms with Gasteiger partial charge in [-0.3, -0.25) is 0 Å². The quantitative estimate of drug-likeness (QED) is 0.0445. The Labute approximate surface area is 895 Å². The van der Waals surface area contributed by atoms with Crippen LogP contribution in [-0.2, 0) is 63.4 Å². The molecule has 2 N–H and O–H groups in total. The molecule has 0 spiro atoms. The molecule has 0 radical (unpaired) electrons. The van der Waals surface area contributed by atoms with E-state index in [2.05, 4.69) is 119 Å². The van der Waals surface area contributed by atoms with Gasteiger partial charge in [0.2, 0.25) is 6.33 Å². The van der Waals surface area contributed by atoms with Gasteiger partial charge in [-0.1, -0.05) is 50.8 Å². The Bertz CT molecular complexity index is 6780. The predicted octanol–water partition coefficient (Wildman–Crippen LogP) is -1.24. The van der Waals surface area contributed by atoms with Gasteiger partial charge in [0.05, 0.1) is 97.6 Å². The molecule has 16 aromatic rings.